The highest BCUT2D eigenvalue weighted by atomic mass is 16.5. The third-order valence-electron chi connectivity index (χ3n) is 5.18. The first-order valence-electron chi connectivity index (χ1n) is 10.2. The van der Waals surface area contributed by atoms with Crippen molar-refractivity contribution in [3.8, 4) is 17.0 Å². The molecule has 31 heavy (non-hydrogen) atoms. The average Bonchev–Trinajstić information content (AvgIpc) is 3.35. The zero-order valence-corrected chi connectivity index (χ0v) is 17.3. The fourth-order valence-electron chi connectivity index (χ4n) is 3.48. The maximum Gasteiger partial charge on any atom is 0.270 e. The third-order valence-corrected chi connectivity index (χ3v) is 5.18. The molecule has 1 aliphatic heterocycles. The SMILES string of the molecule is COc1ccc(-c2ccc(=O)n(CCNC(=O)c3cc(N4CCCC4)ncn3)n2)cc1. The molecule has 0 atom stereocenters. The van der Waals surface area contributed by atoms with Gasteiger partial charge in [0.05, 0.1) is 19.3 Å². The highest BCUT2D eigenvalue weighted by Gasteiger charge is 2.16. The first-order chi connectivity index (χ1) is 15.1. The number of ether oxygens (including phenoxy) is 1. The van der Waals surface area contributed by atoms with Crippen LogP contribution in [0.3, 0.4) is 0 Å². The molecule has 0 aliphatic carbocycles. The average molecular weight is 420 g/mol. The molecular weight excluding hydrogens is 396 g/mol. The van der Waals surface area contributed by atoms with Crippen molar-refractivity contribution >= 4 is 11.7 Å². The monoisotopic (exact) mass is 420 g/mol. The van der Waals surface area contributed by atoms with Crippen molar-refractivity contribution in [1.29, 1.82) is 0 Å². The van der Waals surface area contributed by atoms with Crippen molar-refractivity contribution in [1.82, 2.24) is 25.1 Å². The fraction of sp³-hybridized carbons (Fsp3) is 0.318. The number of hydrogen-bond donors (Lipinski definition) is 1. The highest BCUT2D eigenvalue weighted by Crippen LogP contribution is 2.19. The van der Waals surface area contributed by atoms with E-state index in [1.807, 2.05) is 24.3 Å². The lowest BCUT2D eigenvalue weighted by Crippen LogP contribution is -2.32. The van der Waals surface area contributed by atoms with Gasteiger partial charge in [0.2, 0.25) is 0 Å². The fourth-order valence-corrected chi connectivity index (χ4v) is 3.48. The van der Waals surface area contributed by atoms with Gasteiger partial charge in [-0.25, -0.2) is 14.6 Å². The molecule has 0 unspecified atom stereocenters. The van der Waals surface area contributed by atoms with Crippen LogP contribution in [0.1, 0.15) is 23.3 Å². The molecule has 2 aromatic heterocycles. The summed E-state index contributed by atoms with van der Waals surface area (Å²) in [4.78, 5) is 35.2. The maximum absolute atomic E-state index is 12.5. The molecule has 1 saturated heterocycles. The number of methoxy groups -OCH3 is 1. The van der Waals surface area contributed by atoms with Crippen LogP contribution in [0, 0.1) is 0 Å². The van der Waals surface area contributed by atoms with Gasteiger partial charge in [0.15, 0.2) is 0 Å². The van der Waals surface area contributed by atoms with Gasteiger partial charge in [0.1, 0.15) is 23.6 Å². The number of amides is 1. The second-order valence-electron chi connectivity index (χ2n) is 7.22. The second kappa shape index (κ2) is 9.38. The van der Waals surface area contributed by atoms with Crippen LogP contribution in [0.4, 0.5) is 5.82 Å². The minimum atomic E-state index is -0.304. The molecule has 3 heterocycles. The molecule has 1 aromatic carbocycles. The molecule has 9 nitrogen and oxygen atoms in total. The minimum Gasteiger partial charge on any atom is -0.497 e. The zero-order chi connectivity index (χ0) is 21.6. The summed E-state index contributed by atoms with van der Waals surface area (Å²) in [5.41, 5.74) is 1.61. The molecule has 1 aliphatic rings. The summed E-state index contributed by atoms with van der Waals surface area (Å²) in [5, 5.41) is 7.22. The lowest BCUT2D eigenvalue weighted by molar-refractivity contribution is 0.0946. The smallest absolute Gasteiger partial charge is 0.270 e. The van der Waals surface area contributed by atoms with Gasteiger partial charge >= 0.3 is 0 Å². The van der Waals surface area contributed by atoms with E-state index >= 15 is 0 Å². The first kappa shape index (κ1) is 20.5. The Morgan fingerprint density at radius 2 is 1.87 bits per heavy atom. The Bertz CT molecular complexity index is 1110. The Balaban J connectivity index is 1.39. The van der Waals surface area contributed by atoms with Crippen LogP contribution < -0.4 is 20.5 Å². The number of aromatic nitrogens is 4. The highest BCUT2D eigenvalue weighted by molar-refractivity contribution is 5.92. The van der Waals surface area contributed by atoms with Crippen molar-refractivity contribution in [2.75, 3.05) is 31.6 Å². The summed E-state index contributed by atoms with van der Waals surface area (Å²) in [6.45, 7) is 2.38. The molecule has 160 valence electrons. The normalized spacial score (nSPS) is 13.3. The van der Waals surface area contributed by atoms with E-state index in [-0.39, 0.29) is 24.6 Å². The van der Waals surface area contributed by atoms with Crippen LogP contribution in [0.5, 0.6) is 5.75 Å². The van der Waals surface area contributed by atoms with Gasteiger partial charge in [-0.15, -0.1) is 0 Å². The quantitative estimate of drug-likeness (QED) is 0.621. The van der Waals surface area contributed by atoms with Crippen molar-refractivity contribution in [2.45, 2.75) is 19.4 Å². The second-order valence-corrected chi connectivity index (χ2v) is 7.22. The minimum absolute atomic E-state index is 0.232. The number of nitrogens with zero attached hydrogens (tertiary/aromatic N) is 5. The molecule has 4 rings (SSSR count). The van der Waals surface area contributed by atoms with Crippen molar-refractivity contribution in [2.24, 2.45) is 0 Å². The number of anilines is 1. The van der Waals surface area contributed by atoms with E-state index < -0.39 is 0 Å². The Kier molecular flexibility index (Phi) is 6.21. The Morgan fingerprint density at radius 3 is 2.61 bits per heavy atom. The van der Waals surface area contributed by atoms with E-state index in [1.54, 1.807) is 19.2 Å². The largest absolute Gasteiger partial charge is 0.497 e. The van der Waals surface area contributed by atoms with Crippen molar-refractivity contribution < 1.29 is 9.53 Å². The summed E-state index contributed by atoms with van der Waals surface area (Å²) in [7, 11) is 1.61. The lowest BCUT2D eigenvalue weighted by atomic mass is 10.1. The van der Waals surface area contributed by atoms with Gasteiger partial charge < -0.3 is 15.0 Å². The van der Waals surface area contributed by atoms with Crippen LogP contribution in [-0.2, 0) is 6.54 Å². The summed E-state index contributed by atoms with van der Waals surface area (Å²) in [6.07, 6.45) is 3.67. The van der Waals surface area contributed by atoms with E-state index in [4.69, 9.17) is 4.74 Å². The van der Waals surface area contributed by atoms with Crippen LogP contribution in [0.15, 0.2) is 53.6 Å². The van der Waals surface area contributed by atoms with Gasteiger partial charge in [-0.3, -0.25) is 9.59 Å². The van der Waals surface area contributed by atoms with Gasteiger partial charge in [0, 0.05) is 37.3 Å². The Hall–Kier alpha value is -3.75. The zero-order valence-electron chi connectivity index (χ0n) is 17.3. The molecule has 9 heteroatoms. The van der Waals surface area contributed by atoms with Crippen LogP contribution in [-0.4, -0.2) is 52.4 Å². The van der Waals surface area contributed by atoms with E-state index in [0.29, 0.717) is 11.4 Å². The van der Waals surface area contributed by atoms with Crippen molar-refractivity contribution in [3.63, 3.8) is 0 Å². The molecule has 1 fully saturated rings. The molecule has 1 amide bonds. The van der Waals surface area contributed by atoms with Gasteiger partial charge in [0.25, 0.3) is 11.5 Å². The van der Waals surface area contributed by atoms with Gasteiger partial charge in [-0.1, -0.05) is 0 Å². The lowest BCUT2D eigenvalue weighted by Gasteiger charge is -2.16. The Labute approximate surface area is 179 Å². The van der Waals surface area contributed by atoms with E-state index in [9.17, 15) is 9.59 Å². The molecule has 0 bridgehead atoms. The molecule has 3 aromatic rings. The van der Waals surface area contributed by atoms with Gasteiger partial charge in [-0.2, -0.15) is 5.10 Å². The Morgan fingerprint density at radius 1 is 1.10 bits per heavy atom. The number of carbonyl (C=O) groups excluding carboxylic acids is 1. The van der Waals surface area contributed by atoms with E-state index in [2.05, 4.69) is 25.3 Å². The van der Waals surface area contributed by atoms with E-state index in [0.717, 1.165) is 43.1 Å². The maximum atomic E-state index is 12.5. The van der Waals surface area contributed by atoms with Crippen molar-refractivity contribution in [3.05, 3.63) is 64.8 Å². The standard InChI is InChI=1S/C22H24N6O3/c1-31-17-6-4-16(5-7-17)18-8-9-21(29)28(26-18)13-10-23-22(30)19-14-20(25-15-24-19)27-11-2-3-12-27/h4-9,14-15H,2-3,10-13H2,1H3,(H,23,30). The van der Waals surface area contributed by atoms with Crippen LogP contribution in [0.25, 0.3) is 11.3 Å². The topological polar surface area (TPSA) is 102 Å². The number of nitrogens with one attached hydrogen (secondary N) is 1. The molecule has 1 N–H and O–H groups in total. The summed E-state index contributed by atoms with van der Waals surface area (Å²) in [5.74, 6) is 1.21. The van der Waals surface area contributed by atoms with Crippen LogP contribution in [0.2, 0.25) is 0 Å². The molecule has 0 saturated carbocycles. The molecule has 0 radical (unpaired) electrons. The first-order valence-corrected chi connectivity index (χ1v) is 10.2. The van der Waals surface area contributed by atoms with Gasteiger partial charge in [-0.05, 0) is 43.2 Å². The third kappa shape index (κ3) is 4.88. The van der Waals surface area contributed by atoms with Crippen LogP contribution >= 0.6 is 0 Å². The van der Waals surface area contributed by atoms with E-state index in [1.165, 1.54) is 17.1 Å². The predicted molar refractivity (Wildman–Crippen MR) is 116 cm³/mol. The number of hydrogen-bond acceptors (Lipinski definition) is 7. The molecular formula is C22H24N6O3. The predicted octanol–water partition coefficient (Wildman–Crippen LogP) is 1.74. The summed E-state index contributed by atoms with van der Waals surface area (Å²) < 4.78 is 6.51. The number of carbonyl (C=O) groups is 1. The number of rotatable bonds is 7. The molecule has 0 spiro atoms. The summed E-state index contributed by atoms with van der Waals surface area (Å²) in [6, 6.07) is 12.3. The summed E-state index contributed by atoms with van der Waals surface area (Å²) >= 11 is 0. The number of benzene rings is 1.